The summed E-state index contributed by atoms with van der Waals surface area (Å²) in [6.07, 6.45) is 0. The van der Waals surface area contributed by atoms with E-state index in [9.17, 15) is 18.0 Å². The van der Waals surface area contributed by atoms with Crippen molar-refractivity contribution in [1.29, 1.82) is 0 Å². The van der Waals surface area contributed by atoms with E-state index in [1.54, 1.807) is 26.0 Å². The molecule has 0 aliphatic heterocycles. The van der Waals surface area contributed by atoms with Crippen LogP contribution >= 0.6 is 11.8 Å². The first-order valence-corrected chi connectivity index (χ1v) is 12.2. The first-order valence-electron chi connectivity index (χ1n) is 9.75. The van der Waals surface area contributed by atoms with E-state index in [1.807, 2.05) is 0 Å². The SMILES string of the molecule is CCN(CC)S(=O)(=O)c1cccc(-c2nnc(SCC(=O)NC(=O)NCCOC)n2N)c1. The number of nitrogens with two attached hydrogens (primary N) is 1. The van der Waals surface area contributed by atoms with Crippen molar-refractivity contribution in [2.24, 2.45) is 0 Å². The summed E-state index contributed by atoms with van der Waals surface area (Å²) in [5.74, 6) is 5.64. The number of aromatic nitrogens is 3. The monoisotopic (exact) mass is 485 g/mol. The Balaban J connectivity index is 2.09. The van der Waals surface area contributed by atoms with Crippen LogP contribution in [0, 0.1) is 0 Å². The first kappa shape index (κ1) is 25.6. The number of carbonyl (C=O) groups excluding carboxylic acids is 2. The van der Waals surface area contributed by atoms with Gasteiger partial charge in [-0.25, -0.2) is 17.9 Å². The number of methoxy groups -OCH3 is 1. The standard InChI is InChI=1S/C18H27N7O5S2/c1-4-24(5-2)32(28,29)14-8-6-7-13(11-14)16-22-23-18(25(16)19)31-12-15(26)21-17(27)20-9-10-30-3/h6-8,11H,4-5,9-10,12,19H2,1-3H3,(H2,20,21,26,27). The number of hydrogen-bond donors (Lipinski definition) is 3. The minimum absolute atomic E-state index is 0.120. The van der Waals surface area contributed by atoms with Gasteiger partial charge in [-0.2, -0.15) is 4.31 Å². The fourth-order valence-electron chi connectivity index (χ4n) is 2.68. The van der Waals surface area contributed by atoms with E-state index in [1.165, 1.54) is 28.2 Å². The molecule has 12 nitrogen and oxygen atoms in total. The summed E-state index contributed by atoms with van der Waals surface area (Å²) < 4.78 is 32.9. The Hall–Kier alpha value is -2.68. The largest absolute Gasteiger partial charge is 0.383 e. The average molecular weight is 486 g/mol. The zero-order chi connectivity index (χ0) is 23.7. The maximum absolute atomic E-state index is 12.8. The minimum atomic E-state index is -3.65. The molecule has 0 unspecified atom stereocenters. The van der Waals surface area contributed by atoms with E-state index in [0.29, 0.717) is 25.3 Å². The molecule has 14 heteroatoms. The molecule has 0 saturated heterocycles. The third-order valence-corrected chi connectivity index (χ3v) is 7.27. The van der Waals surface area contributed by atoms with Crippen molar-refractivity contribution >= 4 is 33.7 Å². The van der Waals surface area contributed by atoms with Crippen molar-refractivity contribution in [3.8, 4) is 11.4 Å². The van der Waals surface area contributed by atoms with E-state index in [-0.39, 0.29) is 28.2 Å². The summed E-state index contributed by atoms with van der Waals surface area (Å²) >= 11 is 0.984. The second-order valence-corrected chi connectivity index (χ2v) is 9.26. The van der Waals surface area contributed by atoms with Gasteiger partial charge in [0, 0.05) is 32.3 Å². The molecule has 32 heavy (non-hydrogen) atoms. The van der Waals surface area contributed by atoms with Gasteiger partial charge in [0.2, 0.25) is 21.1 Å². The van der Waals surface area contributed by atoms with Gasteiger partial charge in [-0.15, -0.1) is 10.2 Å². The van der Waals surface area contributed by atoms with Crippen molar-refractivity contribution in [3.05, 3.63) is 24.3 Å². The maximum atomic E-state index is 12.8. The molecule has 0 radical (unpaired) electrons. The van der Waals surface area contributed by atoms with E-state index in [0.717, 1.165) is 11.8 Å². The quantitative estimate of drug-likeness (QED) is 0.230. The van der Waals surface area contributed by atoms with Gasteiger partial charge in [-0.3, -0.25) is 10.1 Å². The van der Waals surface area contributed by atoms with E-state index in [2.05, 4.69) is 20.8 Å². The lowest BCUT2D eigenvalue weighted by Gasteiger charge is -2.18. The van der Waals surface area contributed by atoms with Crippen molar-refractivity contribution in [3.63, 3.8) is 0 Å². The highest BCUT2D eigenvalue weighted by molar-refractivity contribution is 7.99. The topological polar surface area (TPSA) is 162 Å². The Morgan fingerprint density at radius 3 is 2.62 bits per heavy atom. The van der Waals surface area contributed by atoms with Crippen LogP contribution in [0.15, 0.2) is 34.3 Å². The third kappa shape index (κ3) is 6.41. The number of rotatable bonds is 11. The van der Waals surface area contributed by atoms with E-state index >= 15 is 0 Å². The number of hydrogen-bond acceptors (Lipinski definition) is 9. The van der Waals surface area contributed by atoms with Gasteiger partial charge in [-0.05, 0) is 12.1 Å². The van der Waals surface area contributed by atoms with Crippen LogP contribution in [0.3, 0.4) is 0 Å². The number of nitrogens with one attached hydrogen (secondary N) is 2. The lowest BCUT2D eigenvalue weighted by atomic mass is 10.2. The molecule has 0 fully saturated rings. The molecule has 0 spiro atoms. The Kier molecular flexibility index (Phi) is 9.43. The summed E-state index contributed by atoms with van der Waals surface area (Å²) in [4.78, 5) is 23.6. The molecule has 0 aliphatic carbocycles. The molecule has 1 aromatic carbocycles. The van der Waals surface area contributed by atoms with E-state index < -0.39 is 22.0 Å². The maximum Gasteiger partial charge on any atom is 0.321 e. The summed E-state index contributed by atoms with van der Waals surface area (Å²) in [7, 11) is -2.15. The van der Waals surface area contributed by atoms with Gasteiger partial charge >= 0.3 is 6.03 Å². The van der Waals surface area contributed by atoms with Crippen LogP contribution in [0.25, 0.3) is 11.4 Å². The number of benzene rings is 1. The predicted octanol–water partition coefficient (Wildman–Crippen LogP) is 0.254. The van der Waals surface area contributed by atoms with Crippen LogP contribution in [0.2, 0.25) is 0 Å². The first-order chi connectivity index (χ1) is 15.2. The van der Waals surface area contributed by atoms with Gasteiger partial charge in [0.1, 0.15) is 0 Å². The van der Waals surface area contributed by atoms with Crippen LogP contribution in [-0.4, -0.2) is 78.6 Å². The Bertz CT molecular complexity index is 1040. The molecule has 1 aromatic heterocycles. The fraction of sp³-hybridized carbons (Fsp3) is 0.444. The number of urea groups is 1. The van der Waals surface area contributed by atoms with E-state index in [4.69, 9.17) is 10.6 Å². The summed E-state index contributed by atoms with van der Waals surface area (Å²) in [6.45, 7) is 4.83. The van der Waals surface area contributed by atoms with Crippen LogP contribution in [-0.2, 0) is 19.6 Å². The molecule has 176 valence electrons. The second-order valence-electron chi connectivity index (χ2n) is 6.38. The lowest BCUT2D eigenvalue weighted by Crippen LogP contribution is -2.41. The zero-order valence-corrected chi connectivity index (χ0v) is 19.7. The van der Waals surface area contributed by atoms with Crippen LogP contribution in [0.4, 0.5) is 4.79 Å². The fourth-order valence-corrected chi connectivity index (χ4v) is 4.85. The zero-order valence-electron chi connectivity index (χ0n) is 18.1. The smallest absolute Gasteiger partial charge is 0.321 e. The molecule has 0 saturated carbocycles. The average Bonchev–Trinajstić information content (AvgIpc) is 3.13. The Morgan fingerprint density at radius 2 is 1.97 bits per heavy atom. The normalized spacial score (nSPS) is 11.5. The number of sulfonamides is 1. The number of nitrogen functional groups attached to an aromatic ring is 1. The molecule has 1 heterocycles. The van der Waals surface area contributed by atoms with Gasteiger partial charge < -0.3 is 15.9 Å². The van der Waals surface area contributed by atoms with Gasteiger partial charge in [0.25, 0.3) is 0 Å². The minimum Gasteiger partial charge on any atom is -0.383 e. The van der Waals surface area contributed by atoms with Crippen LogP contribution in [0.5, 0.6) is 0 Å². The summed E-state index contributed by atoms with van der Waals surface area (Å²) in [5.41, 5.74) is 0.460. The Morgan fingerprint density at radius 1 is 1.25 bits per heavy atom. The number of amides is 3. The van der Waals surface area contributed by atoms with Crippen molar-refractivity contribution < 1.29 is 22.7 Å². The van der Waals surface area contributed by atoms with Gasteiger partial charge in [0.15, 0.2) is 5.82 Å². The highest BCUT2D eigenvalue weighted by Gasteiger charge is 2.23. The molecule has 2 aromatic rings. The lowest BCUT2D eigenvalue weighted by molar-refractivity contribution is -0.117. The molecule has 0 bridgehead atoms. The van der Waals surface area contributed by atoms with Crippen LogP contribution in [0.1, 0.15) is 13.8 Å². The van der Waals surface area contributed by atoms with Crippen molar-refractivity contribution in [2.75, 3.05) is 44.9 Å². The molecular weight excluding hydrogens is 458 g/mol. The molecule has 0 atom stereocenters. The molecule has 2 rings (SSSR count). The Labute approximate surface area is 190 Å². The number of thioether (sulfide) groups is 1. The van der Waals surface area contributed by atoms with Crippen LogP contribution < -0.4 is 16.5 Å². The number of imide groups is 1. The van der Waals surface area contributed by atoms with Gasteiger partial charge in [-0.1, -0.05) is 37.7 Å². The molecule has 0 aliphatic rings. The summed E-state index contributed by atoms with van der Waals surface area (Å²) in [6, 6.07) is 5.62. The molecular formula is C18H27N7O5S2. The number of ether oxygens (including phenoxy) is 1. The predicted molar refractivity (Wildman–Crippen MR) is 120 cm³/mol. The van der Waals surface area contributed by atoms with Gasteiger partial charge in [0.05, 0.1) is 17.3 Å². The molecule has 4 N–H and O–H groups in total. The third-order valence-electron chi connectivity index (χ3n) is 4.28. The highest BCUT2D eigenvalue weighted by Crippen LogP contribution is 2.25. The van der Waals surface area contributed by atoms with Crippen molar-refractivity contribution in [1.82, 2.24) is 29.8 Å². The number of nitrogens with zero attached hydrogens (tertiary/aromatic N) is 4. The summed E-state index contributed by atoms with van der Waals surface area (Å²) in [5, 5.41) is 12.8. The second kappa shape index (κ2) is 11.8. The molecule has 3 amide bonds. The van der Waals surface area contributed by atoms with Crippen molar-refractivity contribution in [2.45, 2.75) is 23.9 Å². The highest BCUT2D eigenvalue weighted by atomic mass is 32.2. The number of carbonyl (C=O) groups is 2.